The van der Waals surface area contributed by atoms with Gasteiger partial charge < -0.3 is 10.1 Å². The monoisotopic (exact) mass is 285 g/mol. The number of benzene rings is 1. The van der Waals surface area contributed by atoms with Crippen molar-refractivity contribution in [2.45, 2.75) is 20.0 Å². The third-order valence-corrected chi connectivity index (χ3v) is 3.11. The van der Waals surface area contributed by atoms with E-state index in [0.717, 1.165) is 19.0 Å². The lowest BCUT2D eigenvalue weighted by atomic mass is 10.3. The summed E-state index contributed by atoms with van der Waals surface area (Å²) in [6.45, 7) is 2.92. The second kappa shape index (κ2) is 6.42. The Bertz CT molecular complexity index is 548. The first-order valence-electron chi connectivity index (χ1n) is 5.83. The third-order valence-electron chi connectivity index (χ3n) is 2.26. The molecule has 19 heavy (non-hydrogen) atoms. The van der Waals surface area contributed by atoms with Gasteiger partial charge in [-0.05, 0) is 18.6 Å². The summed E-state index contributed by atoms with van der Waals surface area (Å²) in [5.74, 6) is -2.05. The number of nitrogens with one attached hydrogen (secondary N) is 1. The molecule has 2 aromatic rings. The van der Waals surface area contributed by atoms with Crippen LogP contribution in [0.25, 0.3) is 0 Å². The fourth-order valence-electron chi connectivity index (χ4n) is 1.35. The predicted molar refractivity (Wildman–Crippen MR) is 69.4 cm³/mol. The molecule has 2 rings (SSSR count). The lowest BCUT2D eigenvalue weighted by Gasteiger charge is -2.04. The molecule has 1 heterocycles. The average molecular weight is 285 g/mol. The third kappa shape index (κ3) is 3.60. The average Bonchev–Trinajstić information content (AvgIpc) is 2.86. The second-order valence-corrected chi connectivity index (χ2v) is 4.83. The molecule has 0 aliphatic heterocycles. The minimum Gasteiger partial charge on any atom is -0.483 e. The fourth-order valence-corrected chi connectivity index (χ4v) is 2.03. The first-order chi connectivity index (χ1) is 9.20. The van der Waals surface area contributed by atoms with Crippen molar-refractivity contribution in [1.29, 1.82) is 0 Å². The number of hydrogen-bond donors (Lipinski definition) is 1. The summed E-state index contributed by atoms with van der Waals surface area (Å²) < 4.78 is 31.5. The number of halogens is 2. The minimum absolute atomic E-state index is 0.0614. The highest BCUT2D eigenvalue weighted by Gasteiger charge is 2.10. The van der Waals surface area contributed by atoms with Crippen molar-refractivity contribution in [2.75, 3.05) is 11.9 Å². The number of nitrogens with zero attached hydrogens (tertiary/aromatic N) is 2. The number of rotatable bonds is 6. The zero-order valence-electron chi connectivity index (χ0n) is 10.3. The smallest absolute Gasteiger partial charge is 0.205 e. The molecule has 0 atom stereocenters. The number of anilines is 1. The number of hydrogen-bond acceptors (Lipinski definition) is 5. The molecular formula is C12H13F2N3OS. The van der Waals surface area contributed by atoms with Gasteiger partial charge in [0, 0.05) is 6.54 Å². The Kier molecular flexibility index (Phi) is 4.62. The summed E-state index contributed by atoms with van der Waals surface area (Å²) >= 11 is 1.33. The largest absolute Gasteiger partial charge is 0.483 e. The van der Waals surface area contributed by atoms with E-state index in [0.29, 0.717) is 10.1 Å². The van der Waals surface area contributed by atoms with Crippen LogP contribution in [0.1, 0.15) is 18.4 Å². The normalized spacial score (nSPS) is 10.5. The standard InChI is InChI=1S/C12H13F2N3OS/c1-2-6-15-12-17-16-10(19-12)7-18-9-5-3-4-8(13)11(9)14/h3-5H,2,6-7H2,1H3,(H,15,17). The van der Waals surface area contributed by atoms with Gasteiger partial charge in [0.05, 0.1) is 0 Å². The molecule has 0 amide bonds. The zero-order valence-corrected chi connectivity index (χ0v) is 11.1. The fraction of sp³-hybridized carbons (Fsp3) is 0.333. The first kappa shape index (κ1) is 13.7. The van der Waals surface area contributed by atoms with Crippen molar-refractivity contribution >= 4 is 16.5 Å². The molecule has 0 saturated heterocycles. The van der Waals surface area contributed by atoms with E-state index in [2.05, 4.69) is 15.5 Å². The van der Waals surface area contributed by atoms with Crippen molar-refractivity contribution in [3.63, 3.8) is 0 Å². The molecular weight excluding hydrogens is 272 g/mol. The molecule has 1 aromatic carbocycles. The van der Waals surface area contributed by atoms with E-state index in [1.54, 1.807) is 0 Å². The van der Waals surface area contributed by atoms with Crippen LogP contribution in [0.5, 0.6) is 5.75 Å². The molecule has 0 spiro atoms. The number of aromatic nitrogens is 2. The molecule has 0 unspecified atom stereocenters. The minimum atomic E-state index is -0.989. The van der Waals surface area contributed by atoms with Gasteiger partial charge in [0.15, 0.2) is 16.6 Å². The Labute approximate surface area is 113 Å². The maximum atomic E-state index is 13.3. The van der Waals surface area contributed by atoms with Gasteiger partial charge in [-0.1, -0.05) is 24.3 Å². The van der Waals surface area contributed by atoms with Gasteiger partial charge in [-0.3, -0.25) is 0 Å². The Morgan fingerprint density at radius 1 is 1.32 bits per heavy atom. The van der Waals surface area contributed by atoms with Crippen LogP contribution in [0.15, 0.2) is 18.2 Å². The quantitative estimate of drug-likeness (QED) is 0.885. The molecule has 4 nitrogen and oxygen atoms in total. The lowest BCUT2D eigenvalue weighted by molar-refractivity contribution is 0.283. The van der Waals surface area contributed by atoms with Gasteiger partial charge in [-0.25, -0.2) is 4.39 Å². The molecule has 0 aliphatic carbocycles. The molecule has 0 fully saturated rings. The summed E-state index contributed by atoms with van der Waals surface area (Å²) in [5.41, 5.74) is 0. The van der Waals surface area contributed by atoms with Crippen LogP contribution in [0, 0.1) is 11.6 Å². The van der Waals surface area contributed by atoms with Gasteiger partial charge >= 0.3 is 0 Å². The Morgan fingerprint density at radius 2 is 2.16 bits per heavy atom. The van der Waals surface area contributed by atoms with Gasteiger partial charge in [0.1, 0.15) is 6.61 Å². The number of ether oxygens (including phenoxy) is 1. The first-order valence-corrected chi connectivity index (χ1v) is 6.65. The topological polar surface area (TPSA) is 47.0 Å². The predicted octanol–water partition coefficient (Wildman–Crippen LogP) is 3.22. The van der Waals surface area contributed by atoms with Gasteiger partial charge in [-0.15, -0.1) is 10.2 Å². The van der Waals surface area contributed by atoms with Gasteiger partial charge in [0.25, 0.3) is 0 Å². The van der Waals surface area contributed by atoms with Crippen LogP contribution in [0.2, 0.25) is 0 Å². The van der Waals surface area contributed by atoms with Crippen LogP contribution in [0.4, 0.5) is 13.9 Å². The van der Waals surface area contributed by atoms with Crippen LogP contribution in [-0.2, 0) is 6.61 Å². The van der Waals surface area contributed by atoms with Crippen LogP contribution < -0.4 is 10.1 Å². The Morgan fingerprint density at radius 3 is 2.95 bits per heavy atom. The molecule has 1 N–H and O–H groups in total. The summed E-state index contributed by atoms with van der Waals surface area (Å²) in [6.07, 6.45) is 0.986. The molecule has 0 saturated carbocycles. The highest BCUT2D eigenvalue weighted by molar-refractivity contribution is 7.15. The van der Waals surface area contributed by atoms with Crippen molar-refractivity contribution in [3.05, 3.63) is 34.8 Å². The van der Waals surface area contributed by atoms with E-state index >= 15 is 0 Å². The van der Waals surface area contributed by atoms with E-state index in [1.807, 2.05) is 6.92 Å². The summed E-state index contributed by atoms with van der Waals surface area (Å²) in [5, 5.41) is 12.2. The second-order valence-electron chi connectivity index (χ2n) is 3.77. The van der Waals surface area contributed by atoms with Crippen molar-refractivity contribution in [1.82, 2.24) is 10.2 Å². The SMILES string of the molecule is CCCNc1nnc(COc2cccc(F)c2F)s1. The molecule has 102 valence electrons. The van der Waals surface area contributed by atoms with Crippen LogP contribution in [-0.4, -0.2) is 16.7 Å². The van der Waals surface area contributed by atoms with E-state index < -0.39 is 11.6 Å². The molecule has 0 radical (unpaired) electrons. The molecule has 1 aromatic heterocycles. The molecule has 0 bridgehead atoms. The van der Waals surface area contributed by atoms with Gasteiger partial charge in [0.2, 0.25) is 10.9 Å². The van der Waals surface area contributed by atoms with E-state index in [1.165, 1.54) is 23.5 Å². The summed E-state index contributed by atoms with van der Waals surface area (Å²) in [6, 6.07) is 3.80. The Hall–Kier alpha value is -1.76. The van der Waals surface area contributed by atoms with Crippen LogP contribution in [0.3, 0.4) is 0 Å². The molecule has 7 heteroatoms. The summed E-state index contributed by atoms with van der Waals surface area (Å²) in [4.78, 5) is 0. The lowest BCUT2D eigenvalue weighted by Crippen LogP contribution is -1.98. The van der Waals surface area contributed by atoms with Crippen molar-refractivity contribution in [2.24, 2.45) is 0 Å². The van der Waals surface area contributed by atoms with E-state index in [-0.39, 0.29) is 12.4 Å². The maximum absolute atomic E-state index is 13.3. The van der Waals surface area contributed by atoms with Crippen LogP contribution >= 0.6 is 11.3 Å². The highest BCUT2D eigenvalue weighted by Crippen LogP contribution is 2.22. The van der Waals surface area contributed by atoms with Crippen molar-refractivity contribution in [3.8, 4) is 5.75 Å². The summed E-state index contributed by atoms with van der Waals surface area (Å²) in [7, 11) is 0. The highest BCUT2D eigenvalue weighted by atomic mass is 32.1. The zero-order chi connectivity index (χ0) is 13.7. The van der Waals surface area contributed by atoms with Crippen molar-refractivity contribution < 1.29 is 13.5 Å². The van der Waals surface area contributed by atoms with E-state index in [4.69, 9.17) is 4.74 Å². The molecule has 0 aliphatic rings. The van der Waals surface area contributed by atoms with Gasteiger partial charge in [-0.2, -0.15) is 4.39 Å². The maximum Gasteiger partial charge on any atom is 0.205 e. The van der Waals surface area contributed by atoms with E-state index in [9.17, 15) is 8.78 Å². The Balaban J connectivity index is 1.95.